The number of aromatic nitrogens is 2. The second kappa shape index (κ2) is 3.99. The van der Waals surface area contributed by atoms with Crippen molar-refractivity contribution < 1.29 is 14.4 Å². The van der Waals surface area contributed by atoms with E-state index in [1.807, 2.05) is 6.92 Å². The van der Waals surface area contributed by atoms with Gasteiger partial charge in [-0.25, -0.2) is 4.79 Å². The highest BCUT2D eigenvalue weighted by atomic mass is 16.5. The van der Waals surface area contributed by atoms with Gasteiger partial charge in [-0.2, -0.15) is 4.98 Å². The van der Waals surface area contributed by atoms with Gasteiger partial charge in [0.15, 0.2) is 0 Å². The van der Waals surface area contributed by atoms with E-state index in [1.54, 1.807) is 0 Å². The number of carboxylic acid groups (broad SMARTS) is 1. The summed E-state index contributed by atoms with van der Waals surface area (Å²) in [4.78, 5) is 14.1. The molecule has 0 amide bonds. The maximum absolute atomic E-state index is 10.4. The zero-order chi connectivity index (χ0) is 9.84. The van der Waals surface area contributed by atoms with Crippen LogP contribution in [-0.4, -0.2) is 27.8 Å². The summed E-state index contributed by atoms with van der Waals surface area (Å²) < 4.78 is 4.74. The summed E-state index contributed by atoms with van der Waals surface area (Å²) in [5, 5.41) is 11.8. The highest BCUT2D eigenvalue weighted by molar-refractivity contribution is 5.82. The quantitative estimate of drug-likeness (QED) is 0.695. The molecule has 1 atom stereocenters. The van der Waals surface area contributed by atoms with Crippen LogP contribution >= 0.6 is 0 Å². The van der Waals surface area contributed by atoms with Crippen molar-refractivity contribution >= 4 is 5.97 Å². The van der Waals surface area contributed by atoms with Gasteiger partial charge in [0.05, 0.1) is 0 Å². The number of nitrogens with two attached hydrogens (primary N) is 1. The lowest BCUT2D eigenvalue weighted by atomic mass is 10.1. The standard InChI is InChI=1S/C7H11N3O3/c1-4(2-3-8)6-9-5(7(11)12)10-13-6/h4H,2-3,8H2,1H3,(H,11,12). The minimum Gasteiger partial charge on any atom is -0.475 e. The van der Waals surface area contributed by atoms with Gasteiger partial charge in [0.1, 0.15) is 0 Å². The predicted octanol–water partition coefficient (Wildman–Crippen LogP) is 0.220. The Morgan fingerprint density at radius 1 is 1.77 bits per heavy atom. The molecule has 0 radical (unpaired) electrons. The zero-order valence-corrected chi connectivity index (χ0v) is 7.23. The van der Waals surface area contributed by atoms with Gasteiger partial charge in [-0.1, -0.05) is 6.92 Å². The second-order valence-corrected chi connectivity index (χ2v) is 2.74. The Hall–Kier alpha value is -1.43. The number of hydrogen-bond donors (Lipinski definition) is 2. The molecule has 6 nitrogen and oxygen atoms in total. The van der Waals surface area contributed by atoms with Crippen LogP contribution in [0.3, 0.4) is 0 Å². The molecule has 1 rings (SSSR count). The van der Waals surface area contributed by atoms with Crippen molar-refractivity contribution in [2.24, 2.45) is 5.73 Å². The topological polar surface area (TPSA) is 102 Å². The Morgan fingerprint density at radius 2 is 2.46 bits per heavy atom. The molecule has 1 unspecified atom stereocenters. The van der Waals surface area contributed by atoms with E-state index >= 15 is 0 Å². The van der Waals surface area contributed by atoms with Gasteiger partial charge in [-0.3, -0.25) is 0 Å². The summed E-state index contributed by atoms with van der Waals surface area (Å²) in [6.07, 6.45) is 0.696. The van der Waals surface area contributed by atoms with E-state index in [1.165, 1.54) is 0 Å². The minimum atomic E-state index is -1.19. The van der Waals surface area contributed by atoms with Gasteiger partial charge < -0.3 is 15.4 Å². The van der Waals surface area contributed by atoms with Gasteiger partial charge in [0.25, 0.3) is 5.82 Å². The third-order valence-electron chi connectivity index (χ3n) is 1.65. The van der Waals surface area contributed by atoms with E-state index in [-0.39, 0.29) is 11.7 Å². The van der Waals surface area contributed by atoms with Crippen molar-refractivity contribution in [3.8, 4) is 0 Å². The molecule has 6 heteroatoms. The van der Waals surface area contributed by atoms with Crippen LogP contribution < -0.4 is 5.73 Å². The van der Waals surface area contributed by atoms with Gasteiger partial charge in [0.2, 0.25) is 5.89 Å². The van der Waals surface area contributed by atoms with Crippen molar-refractivity contribution in [1.29, 1.82) is 0 Å². The first-order chi connectivity index (χ1) is 6.15. The fourth-order valence-corrected chi connectivity index (χ4v) is 0.896. The van der Waals surface area contributed by atoms with Crippen LogP contribution in [0.25, 0.3) is 0 Å². The molecule has 3 N–H and O–H groups in total. The SMILES string of the molecule is CC(CCN)c1nc(C(=O)O)no1. The fourth-order valence-electron chi connectivity index (χ4n) is 0.896. The highest BCUT2D eigenvalue weighted by Crippen LogP contribution is 2.15. The average molecular weight is 185 g/mol. The van der Waals surface area contributed by atoms with Crippen molar-refractivity contribution in [2.75, 3.05) is 6.54 Å². The predicted molar refractivity (Wildman–Crippen MR) is 43.3 cm³/mol. The monoisotopic (exact) mass is 185 g/mol. The second-order valence-electron chi connectivity index (χ2n) is 2.74. The number of aromatic carboxylic acids is 1. The van der Waals surface area contributed by atoms with Crippen LogP contribution in [0, 0.1) is 0 Å². The molecule has 0 fully saturated rings. The number of carbonyl (C=O) groups is 1. The lowest BCUT2D eigenvalue weighted by Gasteiger charge is -2.01. The molecular formula is C7H11N3O3. The van der Waals surface area contributed by atoms with E-state index in [9.17, 15) is 4.79 Å². The molecule has 0 aromatic carbocycles. The van der Waals surface area contributed by atoms with Crippen LogP contribution in [-0.2, 0) is 0 Å². The molecule has 72 valence electrons. The molecule has 1 heterocycles. The number of rotatable bonds is 4. The molecule has 0 bridgehead atoms. The van der Waals surface area contributed by atoms with Crippen LogP contribution in [0.1, 0.15) is 35.8 Å². The lowest BCUT2D eigenvalue weighted by molar-refractivity contribution is 0.0680. The van der Waals surface area contributed by atoms with Crippen LogP contribution in [0.15, 0.2) is 4.52 Å². The fraction of sp³-hybridized carbons (Fsp3) is 0.571. The number of nitrogens with zero attached hydrogens (tertiary/aromatic N) is 2. The Bertz CT molecular complexity index is 297. The summed E-state index contributed by atoms with van der Waals surface area (Å²) in [6, 6.07) is 0. The first-order valence-electron chi connectivity index (χ1n) is 3.92. The van der Waals surface area contributed by atoms with E-state index in [0.29, 0.717) is 18.9 Å². The summed E-state index contributed by atoms with van der Waals surface area (Å²) in [5.41, 5.74) is 5.33. The Balaban J connectivity index is 2.73. The lowest BCUT2D eigenvalue weighted by Crippen LogP contribution is -2.05. The summed E-state index contributed by atoms with van der Waals surface area (Å²) >= 11 is 0. The number of carboxylic acids is 1. The molecule has 13 heavy (non-hydrogen) atoms. The normalized spacial score (nSPS) is 12.8. The average Bonchev–Trinajstić information content (AvgIpc) is 2.52. The minimum absolute atomic E-state index is 0.00519. The third-order valence-corrected chi connectivity index (χ3v) is 1.65. The van der Waals surface area contributed by atoms with E-state index in [4.69, 9.17) is 15.4 Å². The van der Waals surface area contributed by atoms with Crippen molar-refractivity contribution in [3.63, 3.8) is 0 Å². The smallest absolute Gasteiger partial charge is 0.377 e. The van der Waals surface area contributed by atoms with E-state index in [2.05, 4.69) is 10.1 Å². The Labute approximate surface area is 74.7 Å². The molecule has 0 aliphatic rings. The van der Waals surface area contributed by atoms with E-state index < -0.39 is 5.97 Å². The van der Waals surface area contributed by atoms with Crippen LogP contribution in [0.2, 0.25) is 0 Å². The van der Waals surface area contributed by atoms with Gasteiger partial charge >= 0.3 is 5.97 Å². The molecule has 0 aliphatic heterocycles. The van der Waals surface area contributed by atoms with Crippen LogP contribution in [0.4, 0.5) is 0 Å². The molecule has 0 spiro atoms. The molecule has 0 saturated carbocycles. The Kier molecular flexibility index (Phi) is 2.97. The zero-order valence-electron chi connectivity index (χ0n) is 7.23. The maximum atomic E-state index is 10.4. The van der Waals surface area contributed by atoms with Gasteiger partial charge in [0, 0.05) is 5.92 Å². The molecule has 1 aromatic heterocycles. The van der Waals surface area contributed by atoms with Gasteiger partial charge in [-0.05, 0) is 18.1 Å². The summed E-state index contributed by atoms with van der Waals surface area (Å²) in [7, 11) is 0. The number of hydrogen-bond acceptors (Lipinski definition) is 5. The first-order valence-corrected chi connectivity index (χ1v) is 3.92. The van der Waals surface area contributed by atoms with Gasteiger partial charge in [-0.15, -0.1) is 0 Å². The highest BCUT2D eigenvalue weighted by Gasteiger charge is 2.16. The van der Waals surface area contributed by atoms with Crippen molar-refractivity contribution in [2.45, 2.75) is 19.3 Å². The molecule has 0 aliphatic carbocycles. The van der Waals surface area contributed by atoms with Crippen LogP contribution in [0.5, 0.6) is 0 Å². The Morgan fingerprint density at radius 3 is 2.92 bits per heavy atom. The summed E-state index contributed by atoms with van der Waals surface area (Å²) in [6.45, 7) is 2.36. The molecular weight excluding hydrogens is 174 g/mol. The van der Waals surface area contributed by atoms with E-state index in [0.717, 1.165) is 0 Å². The van der Waals surface area contributed by atoms with Crippen molar-refractivity contribution in [1.82, 2.24) is 10.1 Å². The summed E-state index contributed by atoms with van der Waals surface area (Å²) in [5.74, 6) is -1.16. The molecule has 0 saturated heterocycles. The molecule has 1 aromatic rings. The van der Waals surface area contributed by atoms with Crippen molar-refractivity contribution in [3.05, 3.63) is 11.7 Å². The maximum Gasteiger partial charge on any atom is 0.377 e. The third kappa shape index (κ3) is 2.25. The first kappa shape index (κ1) is 9.66. The largest absolute Gasteiger partial charge is 0.475 e.